The van der Waals surface area contributed by atoms with Crippen molar-refractivity contribution in [2.75, 3.05) is 14.2 Å². The Morgan fingerprint density at radius 1 is 1.48 bits per heavy atom. The highest BCUT2D eigenvalue weighted by Gasteiger charge is 2.25. The number of aryl methyl sites for hydroxylation is 1. The molecule has 0 fully saturated rings. The van der Waals surface area contributed by atoms with E-state index in [0.717, 1.165) is 24.9 Å². The van der Waals surface area contributed by atoms with Crippen molar-refractivity contribution >= 4 is 16.9 Å². The number of carbonyl (C=O) groups is 1. The molecule has 2 heterocycles. The molecule has 0 radical (unpaired) electrons. The van der Waals surface area contributed by atoms with Crippen molar-refractivity contribution in [1.29, 1.82) is 0 Å². The van der Waals surface area contributed by atoms with E-state index in [9.17, 15) is 4.79 Å². The lowest BCUT2D eigenvalue weighted by molar-refractivity contribution is -0.139. The Kier molecular flexibility index (Phi) is 3.72. The van der Waals surface area contributed by atoms with E-state index in [1.165, 1.54) is 29.3 Å². The van der Waals surface area contributed by atoms with Crippen LogP contribution in [0.5, 0.6) is 0 Å². The number of fused-ring (bicyclic) bond motifs is 3. The Labute approximate surface area is 125 Å². The lowest BCUT2D eigenvalue weighted by Crippen LogP contribution is -2.35. The zero-order chi connectivity index (χ0) is 15.0. The maximum Gasteiger partial charge on any atom is 0.310 e. The molecule has 112 valence electrons. The summed E-state index contributed by atoms with van der Waals surface area (Å²) in [4.78, 5) is 11.8. The first kappa shape index (κ1) is 14.1. The van der Waals surface area contributed by atoms with Crippen molar-refractivity contribution < 1.29 is 9.53 Å². The lowest BCUT2D eigenvalue weighted by atomic mass is 10.00. The van der Waals surface area contributed by atoms with E-state index in [1.807, 2.05) is 7.05 Å². The van der Waals surface area contributed by atoms with Gasteiger partial charge in [-0.25, -0.2) is 0 Å². The summed E-state index contributed by atoms with van der Waals surface area (Å²) in [7, 11) is 3.47. The number of likely N-dealkylation sites (N-methyl/N-ethyl adjacent to an activating group) is 1. The molecular formula is C17H22N2O2. The first-order valence-corrected chi connectivity index (χ1v) is 7.48. The molecule has 1 aliphatic rings. The topological polar surface area (TPSA) is 43.3 Å². The van der Waals surface area contributed by atoms with Crippen LogP contribution in [0.4, 0.5) is 0 Å². The van der Waals surface area contributed by atoms with Gasteiger partial charge in [-0.05, 0) is 44.5 Å². The molecule has 4 nitrogen and oxygen atoms in total. The number of methoxy groups -OCH3 is 1. The normalized spacial score (nSPS) is 17.8. The molecule has 0 bridgehead atoms. The van der Waals surface area contributed by atoms with Crippen LogP contribution in [0.15, 0.2) is 18.2 Å². The van der Waals surface area contributed by atoms with Crippen molar-refractivity contribution in [3.8, 4) is 0 Å². The molecular weight excluding hydrogens is 264 g/mol. The zero-order valence-corrected chi connectivity index (χ0v) is 12.9. The largest absolute Gasteiger partial charge is 0.469 e. The summed E-state index contributed by atoms with van der Waals surface area (Å²) in [6, 6.07) is 7.00. The molecule has 4 heteroatoms. The van der Waals surface area contributed by atoms with Gasteiger partial charge >= 0.3 is 5.97 Å². The Bertz CT molecular complexity index is 688. The lowest BCUT2D eigenvalue weighted by Gasteiger charge is -2.25. The molecule has 2 aromatic rings. The van der Waals surface area contributed by atoms with E-state index in [1.54, 1.807) is 0 Å². The molecule has 21 heavy (non-hydrogen) atoms. The van der Waals surface area contributed by atoms with Gasteiger partial charge in [0, 0.05) is 29.2 Å². The predicted octanol–water partition coefficient (Wildman–Crippen LogP) is 2.20. The number of nitrogens with zero attached hydrogens (tertiary/aromatic N) is 1. The van der Waals surface area contributed by atoms with E-state index in [0.29, 0.717) is 12.5 Å². The van der Waals surface area contributed by atoms with Crippen molar-refractivity contribution in [2.24, 2.45) is 0 Å². The van der Waals surface area contributed by atoms with Gasteiger partial charge in [0.15, 0.2) is 0 Å². The molecule has 0 spiro atoms. The summed E-state index contributed by atoms with van der Waals surface area (Å²) < 4.78 is 7.25. The average molecular weight is 286 g/mol. The Morgan fingerprint density at radius 2 is 2.29 bits per heavy atom. The van der Waals surface area contributed by atoms with Gasteiger partial charge in [-0.15, -0.1) is 0 Å². The number of hydrogen-bond donors (Lipinski definition) is 1. The van der Waals surface area contributed by atoms with Crippen molar-refractivity contribution in [1.82, 2.24) is 9.88 Å². The SMILES string of the molecule is CNC1CCc2c(CC(=O)OC)c3cc(C)ccc3n2C1. The number of ether oxygens (including phenoxy) is 1. The molecule has 1 unspecified atom stereocenters. The standard InChI is InChI=1S/C17H22N2O2/c1-11-4-6-15-13(8-11)14(9-17(20)21-3)16-7-5-12(18-2)10-19(15)16/h4,6,8,12,18H,5,7,9-10H2,1-3H3. The van der Waals surface area contributed by atoms with E-state index in [2.05, 4.69) is 35.0 Å². The number of benzene rings is 1. The van der Waals surface area contributed by atoms with Crippen LogP contribution in [0.1, 0.15) is 23.2 Å². The van der Waals surface area contributed by atoms with Gasteiger partial charge < -0.3 is 14.6 Å². The van der Waals surface area contributed by atoms with E-state index >= 15 is 0 Å². The van der Waals surface area contributed by atoms with Crippen LogP contribution in [-0.2, 0) is 28.9 Å². The van der Waals surface area contributed by atoms with Crippen LogP contribution in [0, 0.1) is 6.92 Å². The van der Waals surface area contributed by atoms with Gasteiger partial charge in [0.25, 0.3) is 0 Å². The van der Waals surface area contributed by atoms with Gasteiger partial charge in [0.1, 0.15) is 0 Å². The molecule has 3 rings (SSSR count). The summed E-state index contributed by atoms with van der Waals surface area (Å²) in [5.74, 6) is -0.164. The van der Waals surface area contributed by atoms with E-state index in [4.69, 9.17) is 4.74 Å². The molecule has 1 aliphatic heterocycles. The minimum Gasteiger partial charge on any atom is -0.469 e. The minimum absolute atomic E-state index is 0.164. The molecule has 0 saturated heterocycles. The smallest absolute Gasteiger partial charge is 0.310 e. The number of aromatic nitrogens is 1. The number of esters is 1. The van der Waals surface area contributed by atoms with Crippen molar-refractivity contribution in [3.05, 3.63) is 35.0 Å². The zero-order valence-electron chi connectivity index (χ0n) is 12.9. The molecule has 0 saturated carbocycles. The quantitative estimate of drug-likeness (QED) is 0.880. The fourth-order valence-electron chi connectivity index (χ4n) is 3.36. The van der Waals surface area contributed by atoms with Crippen LogP contribution >= 0.6 is 0 Å². The maximum atomic E-state index is 11.8. The van der Waals surface area contributed by atoms with Crippen LogP contribution in [0.3, 0.4) is 0 Å². The van der Waals surface area contributed by atoms with Crippen LogP contribution in [-0.4, -0.2) is 30.7 Å². The van der Waals surface area contributed by atoms with Gasteiger partial charge in [0.05, 0.1) is 13.5 Å². The minimum atomic E-state index is -0.164. The van der Waals surface area contributed by atoms with Crippen molar-refractivity contribution in [2.45, 2.75) is 38.8 Å². The van der Waals surface area contributed by atoms with Crippen molar-refractivity contribution in [3.63, 3.8) is 0 Å². The second-order valence-corrected chi connectivity index (χ2v) is 5.83. The third kappa shape index (κ3) is 2.44. The monoisotopic (exact) mass is 286 g/mol. The highest BCUT2D eigenvalue weighted by molar-refractivity contribution is 5.90. The highest BCUT2D eigenvalue weighted by Crippen LogP contribution is 2.32. The van der Waals surface area contributed by atoms with E-state index in [-0.39, 0.29) is 5.97 Å². The summed E-state index contributed by atoms with van der Waals surface area (Å²) in [6.45, 7) is 3.06. The molecule has 1 aromatic carbocycles. The molecule has 0 amide bonds. The third-order valence-corrected chi connectivity index (χ3v) is 4.53. The third-order valence-electron chi connectivity index (χ3n) is 4.53. The molecule has 1 aromatic heterocycles. The first-order chi connectivity index (χ1) is 10.1. The van der Waals surface area contributed by atoms with Gasteiger partial charge in [0.2, 0.25) is 0 Å². The molecule has 1 atom stereocenters. The van der Waals surface area contributed by atoms with Crippen LogP contribution in [0.2, 0.25) is 0 Å². The van der Waals surface area contributed by atoms with E-state index < -0.39 is 0 Å². The Morgan fingerprint density at radius 3 is 3.00 bits per heavy atom. The second kappa shape index (κ2) is 5.53. The summed E-state index contributed by atoms with van der Waals surface area (Å²) in [5.41, 5.74) is 4.90. The summed E-state index contributed by atoms with van der Waals surface area (Å²) in [5, 5.41) is 4.57. The fraction of sp³-hybridized carbons (Fsp3) is 0.471. The van der Waals surface area contributed by atoms with Gasteiger partial charge in [-0.1, -0.05) is 11.6 Å². The van der Waals surface area contributed by atoms with Gasteiger partial charge in [-0.3, -0.25) is 4.79 Å². The second-order valence-electron chi connectivity index (χ2n) is 5.83. The number of rotatable bonds is 3. The maximum absolute atomic E-state index is 11.8. The summed E-state index contributed by atoms with van der Waals surface area (Å²) in [6.07, 6.45) is 2.48. The first-order valence-electron chi connectivity index (χ1n) is 7.48. The Balaban J connectivity index is 2.16. The van der Waals surface area contributed by atoms with Crippen LogP contribution < -0.4 is 5.32 Å². The molecule has 0 aliphatic carbocycles. The number of carbonyl (C=O) groups excluding carboxylic acids is 1. The highest BCUT2D eigenvalue weighted by atomic mass is 16.5. The predicted molar refractivity (Wildman–Crippen MR) is 83.6 cm³/mol. The number of hydrogen-bond acceptors (Lipinski definition) is 3. The Hall–Kier alpha value is -1.81. The fourth-order valence-corrected chi connectivity index (χ4v) is 3.36. The number of nitrogens with one attached hydrogen (secondary N) is 1. The van der Waals surface area contributed by atoms with Crippen LogP contribution in [0.25, 0.3) is 10.9 Å². The average Bonchev–Trinajstić information content (AvgIpc) is 2.80. The van der Waals surface area contributed by atoms with Gasteiger partial charge in [-0.2, -0.15) is 0 Å². The molecule has 1 N–H and O–H groups in total. The summed E-state index contributed by atoms with van der Waals surface area (Å²) >= 11 is 0.